The number of carbonyl (C=O) groups is 2. The van der Waals surface area contributed by atoms with E-state index in [-0.39, 0.29) is 49.3 Å². The zero-order chi connectivity index (χ0) is 33.4. The summed E-state index contributed by atoms with van der Waals surface area (Å²) < 4.78 is 40.3. The number of rotatable bonds is 11. The zero-order valence-electron chi connectivity index (χ0n) is 27.5. The summed E-state index contributed by atoms with van der Waals surface area (Å²) in [6.45, 7) is 3.95. The van der Waals surface area contributed by atoms with Crippen molar-refractivity contribution in [1.82, 2.24) is 31.6 Å². The predicted octanol–water partition coefficient (Wildman–Crippen LogP) is 4.09. The lowest BCUT2D eigenvalue weighted by Gasteiger charge is -2.42. The average molecular weight is 690 g/mol. The lowest BCUT2D eigenvalue weighted by Crippen LogP contribution is -2.54. The average Bonchev–Trinajstić information content (AvgIpc) is 3.51. The molecule has 0 aromatic rings. The number of hydrogen-bond donors (Lipinski definition) is 5. The van der Waals surface area contributed by atoms with Gasteiger partial charge in [-0.05, 0) is 108 Å². The molecule has 10 nitrogen and oxygen atoms in total. The van der Waals surface area contributed by atoms with Gasteiger partial charge in [-0.25, -0.2) is 15.9 Å². The topological polar surface area (TPSA) is 121 Å². The second-order valence-corrected chi connectivity index (χ2v) is 15.3. The van der Waals surface area contributed by atoms with E-state index in [4.69, 9.17) is 16.7 Å². The molecule has 3 aliphatic carbocycles. The van der Waals surface area contributed by atoms with E-state index < -0.39 is 29.3 Å². The van der Waals surface area contributed by atoms with Crippen LogP contribution in [0.5, 0.6) is 0 Å². The summed E-state index contributed by atoms with van der Waals surface area (Å²) >= 11 is 5.99. The number of piperidine rings is 1. The van der Waals surface area contributed by atoms with Crippen molar-refractivity contribution in [1.29, 1.82) is 0 Å². The van der Waals surface area contributed by atoms with Crippen molar-refractivity contribution in [2.24, 2.45) is 34.7 Å². The SMILES string of the molecule is O=C(NC1CCC(N2CCCCC2)CC1C(=O)N/N=C/C1CCC(Cl)C(C(F)(F)F)C1)C1CCCC(CN2CC(CCCO)NN2)C1. The fraction of sp³-hybridized carbons (Fsp3) is 0.909. The number of amides is 2. The molecule has 9 unspecified atom stereocenters. The molecule has 2 saturated heterocycles. The lowest BCUT2D eigenvalue weighted by atomic mass is 9.78. The molecule has 0 aromatic carbocycles. The van der Waals surface area contributed by atoms with Crippen LogP contribution in [0.3, 0.4) is 0 Å². The largest absolute Gasteiger partial charge is 0.396 e. The maximum atomic E-state index is 13.7. The van der Waals surface area contributed by atoms with Gasteiger partial charge in [0.15, 0.2) is 0 Å². The summed E-state index contributed by atoms with van der Waals surface area (Å²) in [5.41, 5.74) is 9.19. The van der Waals surface area contributed by atoms with Gasteiger partial charge in [0.25, 0.3) is 0 Å². The van der Waals surface area contributed by atoms with Crippen LogP contribution in [-0.2, 0) is 9.59 Å². The van der Waals surface area contributed by atoms with Crippen LogP contribution in [0.4, 0.5) is 13.2 Å². The van der Waals surface area contributed by atoms with Gasteiger partial charge in [-0.15, -0.1) is 11.6 Å². The van der Waals surface area contributed by atoms with Gasteiger partial charge < -0.3 is 15.3 Å². The lowest BCUT2D eigenvalue weighted by molar-refractivity contribution is -0.182. The van der Waals surface area contributed by atoms with Gasteiger partial charge in [0.1, 0.15) is 0 Å². The van der Waals surface area contributed by atoms with E-state index in [9.17, 15) is 22.8 Å². The molecule has 14 heteroatoms. The summed E-state index contributed by atoms with van der Waals surface area (Å²) in [5, 5.41) is 17.8. The van der Waals surface area contributed by atoms with E-state index >= 15 is 0 Å². The molecule has 268 valence electrons. The quantitative estimate of drug-likeness (QED) is 0.126. The summed E-state index contributed by atoms with van der Waals surface area (Å²) in [7, 11) is 0. The molecular formula is C33H55ClF3N7O3. The fourth-order valence-electron chi connectivity index (χ4n) is 8.62. The second kappa shape index (κ2) is 17.4. The summed E-state index contributed by atoms with van der Waals surface area (Å²) in [4.78, 5) is 29.8. The Balaban J connectivity index is 1.16. The number of likely N-dealkylation sites (tertiary alicyclic amines) is 1. The van der Waals surface area contributed by atoms with Gasteiger partial charge in [-0.3, -0.25) is 9.59 Å². The number of nitrogens with one attached hydrogen (secondary N) is 4. The van der Waals surface area contributed by atoms with Crippen LogP contribution < -0.4 is 21.7 Å². The van der Waals surface area contributed by atoms with Crippen molar-refractivity contribution in [3.05, 3.63) is 0 Å². The number of carbonyl (C=O) groups excluding carboxylic acids is 2. The van der Waals surface area contributed by atoms with Crippen molar-refractivity contribution < 1.29 is 27.9 Å². The molecule has 0 aromatic heterocycles. The molecule has 5 fully saturated rings. The predicted molar refractivity (Wildman–Crippen MR) is 175 cm³/mol. The Hall–Kier alpha value is -1.51. The Morgan fingerprint density at radius 3 is 2.55 bits per heavy atom. The molecule has 2 heterocycles. The molecule has 0 radical (unpaired) electrons. The van der Waals surface area contributed by atoms with Crippen LogP contribution in [0, 0.1) is 29.6 Å². The van der Waals surface area contributed by atoms with E-state index in [0.717, 1.165) is 84.0 Å². The van der Waals surface area contributed by atoms with E-state index in [1.165, 1.54) is 12.6 Å². The molecule has 5 N–H and O–H groups in total. The van der Waals surface area contributed by atoms with Crippen LogP contribution in [0.2, 0.25) is 0 Å². The molecule has 0 spiro atoms. The first-order valence-corrected chi connectivity index (χ1v) is 18.5. The van der Waals surface area contributed by atoms with Crippen molar-refractivity contribution >= 4 is 29.6 Å². The van der Waals surface area contributed by atoms with Crippen molar-refractivity contribution in [2.75, 3.05) is 32.8 Å². The number of hydrazone groups is 1. The second-order valence-electron chi connectivity index (χ2n) is 14.7. The van der Waals surface area contributed by atoms with E-state index in [1.807, 2.05) is 0 Å². The van der Waals surface area contributed by atoms with E-state index in [2.05, 4.69) is 36.7 Å². The number of halogens is 4. The minimum atomic E-state index is -4.36. The molecule has 9 atom stereocenters. The molecular weight excluding hydrogens is 635 g/mol. The molecule has 2 aliphatic heterocycles. The highest BCUT2D eigenvalue weighted by atomic mass is 35.5. The Kier molecular flexibility index (Phi) is 13.6. The van der Waals surface area contributed by atoms with Gasteiger partial charge in [-0.1, -0.05) is 12.8 Å². The molecule has 2 amide bonds. The number of aliphatic hydroxyl groups excluding tert-OH is 1. The third-order valence-electron chi connectivity index (χ3n) is 11.3. The Morgan fingerprint density at radius 2 is 1.79 bits per heavy atom. The number of alkyl halides is 4. The highest BCUT2D eigenvalue weighted by Crippen LogP contribution is 2.42. The highest BCUT2D eigenvalue weighted by molar-refractivity contribution is 6.20. The Labute approximate surface area is 282 Å². The number of nitrogens with zero attached hydrogens (tertiary/aromatic N) is 3. The van der Waals surface area contributed by atoms with E-state index in [0.29, 0.717) is 31.2 Å². The van der Waals surface area contributed by atoms with E-state index in [1.54, 1.807) is 0 Å². The van der Waals surface area contributed by atoms with Crippen molar-refractivity contribution in [3.8, 4) is 0 Å². The van der Waals surface area contributed by atoms with Crippen LogP contribution >= 0.6 is 11.6 Å². The van der Waals surface area contributed by atoms with Gasteiger partial charge in [0, 0.05) is 55.3 Å². The molecule has 3 saturated carbocycles. The van der Waals surface area contributed by atoms with Gasteiger partial charge in [0.2, 0.25) is 11.8 Å². The Bertz CT molecular complexity index is 1050. The molecule has 47 heavy (non-hydrogen) atoms. The van der Waals surface area contributed by atoms with Gasteiger partial charge >= 0.3 is 6.18 Å². The maximum absolute atomic E-state index is 13.7. The van der Waals surface area contributed by atoms with Crippen molar-refractivity contribution in [3.63, 3.8) is 0 Å². The highest BCUT2D eigenvalue weighted by Gasteiger charge is 2.47. The van der Waals surface area contributed by atoms with Gasteiger partial charge in [0.05, 0.1) is 11.8 Å². The number of hydrogen-bond acceptors (Lipinski definition) is 8. The minimum Gasteiger partial charge on any atom is -0.396 e. The van der Waals surface area contributed by atoms with Gasteiger partial charge in [-0.2, -0.15) is 23.8 Å². The third kappa shape index (κ3) is 10.5. The van der Waals surface area contributed by atoms with Crippen LogP contribution in [0.1, 0.15) is 96.3 Å². The fourth-order valence-corrected chi connectivity index (χ4v) is 9.00. The zero-order valence-corrected chi connectivity index (χ0v) is 28.3. The van der Waals surface area contributed by atoms with Crippen molar-refractivity contribution in [2.45, 2.75) is 126 Å². The first kappa shape index (κ1) is 36.8. The molecule has 0 bridgehead atoms. The van der Waals surface area contributed by atoms with Crippen LogP contribution in [0.25, 0.3) is 0 Å². The first-order valence-electron chi connectivity index (χ1n) is 18.1. The smallest absolute Gasteiger partial charge is 0.393 e. The third-order valence-corrected chi connectivity index (χ3v) is 11.8. The molecule has 5 aliphatic rings. The first-order chi connectivity index (χ1) is 22.6. The monoisotopic (exact) mass is 689 g/mol. The van der Waals surface area contributed by atoms with Crippen LogP contribution in [-0.4, -0.2) is 95.5 Å². The van der Waals surface area contributed by atoms with Crippen LogP contribution in [0.15, 0.2) is 5.10 Å². The maximum Gasteiger partial charge on any atom is 0.393 e. The molecule has 5 rings (SSSR count). The summed E-state index contributed by atoms with van der Waals surface area (Å²) in [6, 6.07) is 0.253. The number of aliphatic hydroxyl groups is 1. The summed E-state index contributed by atoms with van der Waals surface area (Å²) in [5.74, 6) is -2.43. The minimum absolute atomic E-state index is 0.0155. The number of hydrazine groups is 2. The standard InChI is InChI=1S/C33H55ClF3N7O3/c34-29-11-9-22(17-28(29)33(35,36)37)19-38-41-32(47)27-18-26(43-13-2-1-3-14-43)10-12-30(27)39-31(46)24-7-4-6-23(16-24)20-44-21-25(40-42-44)8-5-15-45/h19,22-30,40,42,45H,1-18,20-21H2,(H,39,46)(H,41,47)/b38-19+. The Morgan fingerprint density at radius 1 is 0.979 bits per heavy atom. The summed E-state index contributed by atoms with van der Waals surface area (Å²) in [6.07, 6.45) is 8.83. The normalized spacial score (nSPS) is 36.4.